The van der Waals surface area contributed by atoms with Crippen LogP contribution in [0.15, 0.2) is 30.3 Å². The summed E-state index contributed by atoms with van der Waals surface area (Å²) in [6.07, 6.45) is 0.192. The summed E-state index contributed by atoms with van der Waals surface area (Å²) in [7, 11) is 0. The lowest BCUT2D eigenvalue weighted by molar-refractivity contribution is 0.152. The summed E-state index contributed by atoms with van der Waals surface area (Å²) in [5.41, 5.74) is 0.658. The fourth-order valence-corrected chi connectivity index (χ4v) is 1.01. The summed E-state index contributed by atoms with van der Waals surface area (Å²) in [6, 6.07) is 8.98. The zero-order chi connectivity index (χ0) is 11.1. The van der Waals surface area contributed by atoms with E-state index in [4.69, 9.17) is 10.1 Å². The Bertz CT molecular complexity index is 336. The minimum atomic E-state index is -0.578. The molecule has 2 N–H and O–H groups in total. The van der Waals surface area contributed by atoms with Gasteiger partial charge in [-0.15, -0.1) is 0 Å². The lowest BCUT2D eigenvalue weighted by atomic mass is 10.2. The van der Waals surface area contributed by atoms with Crippen molar-refractivity contribution >= 4 is 11.9 Å². The smallest absolute Gasteiger partial charge is 0.412 e. The third-order valence-corrected chi connectivity index (χ3v) is 1.73. The van der Waals surface area contributed by atoms with Crippen LogP contribution in [0, 0.1) is 5.41 Å². The van der Waals surface area contributed by atoms with Crippen molar-refractivity contribution in [3.63, 3.8) is 0 Å². The molecule has 0 spiro atoms. The Balaban J connectivity index is 2.46. The van der Waals surface area contributed by atoms with Gasteiger partial charge in [0.1, 0.15) is 5.84 Å². The van der Waals surface area contributed by atoms with Crippen molar-refractivity contribution in [3.8, 4) is 0 Å². The number of carbonyl (C=O) groups is 1. The third kappa shape index (κ3) is 3.81. The van der Waals surface area contributed by atoms with Crippen LogP contribution in [0.4, 0.5) is 4.79 Å². The minimum absolute atomic E-state index is 0.0525. The molecule has 0 aromatic heterocycles. The minimum Gasteiger partial charge on any atom is -0.449 e. The maximum atomic E-state index is 11.1. The summed E-state index contributed by atoms with van der Waals surface area (Å²) in [4.78, 5) is 11.1. The lowest BCUT2D eigenvalue weighted by Gasteiger charge is -2.06. The predicted molar refractivity (Wildman–Crippen MR) is 58.0 cm³/mol. The summed E-state index contributed by atoms with van der Waals surface area (Å²) in [5, 5.41) is 9.94. The first kappa shape index (κ1) is 11.2. The van der Waals surface area contributed by atoms with Crippen molar-refractivity contribution in [2.24, 2.45) is 0 Å². The molecule has 15 heavy (non-hydrogen) atoms. The Hall–Kier alpha value is -1.84. The molecule has 0 aliphatic carbocycles. The Morgan fingerprint density at radius 2 is 2.07 bits per heavy atom. The van der Waals surface area contributed by atoms with Crippen LogP contribution < -0.4 is 5.32 Å². The van der Waals surface area contributed by atoms with Gasteiger partial charge in [0.25, 0.3) is 0 Å². The van der Waals surface area contributed by atoms with E-state index >= 15 is 0 Å². The summed E-state index contributed by atoms with van der Waals surface area (Å²) in [5.74, 6) is 0.0525. The molecule has 0 aliphatic heterocycles. The van der Waals surface area contributed by atoms with Crippen molar-refractivity contribution in [3.05, 3.63) is 35.9 Å². The van der Waals surface area contributed by atoms with E-state index < -0.39 is 6.09 Å². The Morgan fingerprint density at radius 1 is 1.40 bits per heavy atom. The quantitative estimate of drug-likeness (QED) is 0.588. The molecule has 0 aliphatic rings. The summed E-state index contributed by atoms with van der Waals surface area (Å²) >= 11 is 0. The molecule has 1 aromatic rings. The maximum absolute atomic E-state index is 11.1. The summed E-state index contributed by atoms with van der Waals surface area (Å²) in [6.45, 7) is 2.28. The van der Waals surface area contributed by atoms with Crippen LogP contribution in [0.3, 0.4) is 0 Å². The average molecular weight is 206 g/mol. The number of ether oxygens (including phenoxy) is 1. The van der Waals surface area contributed by atoms with E-state index in [1.807, 2.05) is 25.1 Å². The Morgan fingerprint density at radius 3 is 2.67 bits per heavy atom. The number of amides is 1. The van der Waals surface area contributed by atoms with Crippen LogP contribution in [0.1, 0.15) is 18.9 Å². The molecular weight excluding hydrogens is 192 g/mol. The van der Waals surface area contributed by atoms with Crippen LogP contribution in [0.25, 0.3) is 0 Å². The molecule has 0 heterocycles. The van der Waals surface area contributed by atoms with Gasteiger partial charge in [-0.1, -0.05) is 37.3 Å². The monoisotopic (exact) mass is 206 g/mol. The molecule has 1 amide bonds. The molecule has 4 nitrogen and oxygen atoms in total. The van der Waals surface area contributed by atoms with E-state index in [0.29, 0.717) is 12.2 Å². The number of nitrogens with one attached hydrogen (secondary N) is 2. The number of hydrogen-bond acceptors (Lipinski definition) is 3. The van der Waals surface area contributed by atoms with E-state index in [1.165, 1.54) is 0 Å². The molecule has 80 valence electrons. The Kier molecular flexibility index (Phi) is 4.34. The first-order valence-corrected chi connectivity index (χ1v) is 4.81. The number of rotatable bonds is 3. The first-order chi connectivity index (χ1) is 7.24. The lowest BCUT2D eigenvalue weighted by Crippen LogP contribution is -2.31. The second-order valence-corrected chi connectivity index (χ2v) is 3.00. The molecule has 0 unspecified atom stereocenters. The second kappa shape index (κ2) is 5.80. The molecule has 0 saturated carbocycles. The van der Waals surface area contributed by atoms with Gasteiger partial charge in [-0.05, 0) is 6.42 Å². The normalized spacial score (nSPS) is 9.40. The van der Waals surface area contributed by atoms with Gasteiger partial charge in [0.2, 0.25) is 0 Å². The number of alkyl carbamates (subject to hydrolysis) is 1. The van der Waals surface area contributed by atoms with E-state index in [2.05, 4.69) is 5.32 Å². The number of hydrogen-bond donors (Lipinski definition) is 2. The van der Waals surface area contributed by atoms with E-state index in [-0.39, 0.29) is 5.84 Å². The molecule has 0 fully saturated rings. The van der Waals surface area contributed by atoms with Gasteiger partial charge in [0, 0.05) is 5.56 Å². The van der Waals surface area contributed by atoms with Crippen molar-refractivity contribution < 1.29 is 9.53 Å². The zero-order valence-electron chi connectivity index (χ0n) is 8.62. The highest BCUT2D eigenvalue weighted by Crippen LogP contribution is 1.97. The van der Waals surface area contributed by atoms with Gasteiger partial charge in [-0.25, -0.2) is 4.79 Å². The highest BCUT2D eigenvalue weighted by molar-refractivity contribution is 6.04. The highest BCUT2D eigenvalue weighted by atomic mass is 16.5. The standard InChI is InChI=1S/C11H14N2O2/c1-2-8-15-11(14)13-10(12)9-6-4-3-5-7-9/h3-7H,2,8H2,1H3,(H2,12,13,14). The fourth-order valence-electron chi connectivity index (χ4n) is 1.01. The Labute approximate surface area is 88.8 Å². The number of benzene rings is 1. The van der Waals surface area contributed by atoms with Crippen LogP contribution in [0.5, 0.6) is 0 Å². The molecule has 0 saturated heterocycles. The second-order valence-electron chi connectivity index (χ2n) is 3.00. The molecule has 1 rings (SSSR count). The van der Waals surface area contributed by atoms with Crippen LogP contribution in [0.2, 0.25) is 0 Å². The van der Waals surface area contributed by atoms with E-state index in [1.54, 1.807) is 12.1 Å². The van der Waals surface area contributed by atoms with Crippen molar-refractivity contribution in [2.45, 2.75) is 13.3 Å². The molecule has 4 heteroatoms. The van der Waals surface area contributed by atoms with Crippen molar-refractivity contribution in [1.82, 2.24) is 5.32 Å². The first-order valence-electron chi connectivity index (χ1n) is 4.81. The number of carbonyl (C=O) groups excluding carboxylic acids is 1. The number of amidine groups is 1. The van der Waals surface area contributed by atoms with Crippen molar-refractivity contribution in [2.75, 3.05) is 6.61 Å². The highest BCUT2D eigenvalue weighted by Gasteiger charge is 2.06. The molecular formula is C11H14N2O2. The zero-order valence-corrected chi connectivity index (χ0v) is 8.62. The fraction of sp³-hybridized carbons (Fsp3) is 0.273. The van der Waals surface area contributed by atoms with Crippen LogP contribution in [-0.4, -0.2) is 18.5 Å². The third-order valence-electron chi connectivity index (χ3n) is 1.73. The average Bonchev–Trinajstić information content (AvgIpc) is 2.27. The van der Waals surface area contributed by atoms with Crippen LogP contribution in [-0.2, 0) is 4.74 Å². The van der Waals surface area contributed by atoms with E-state index in [9.17, 15) is 4.79 Å². The van der Waals surface area contributed by atoms with Gasteiger partial charge in [0.15, 0.2) is 0 Å². The van der Waals surface area contributed by atoms with Crippen LogP contribution >= 0.6 is 0 Å². The SMILES string of the molecule is CCCOC(=O)NC(=N)c1ccccc1. The summed E-state index contributed by atoms with van der Waals surface area (Å²) < 4.78 is 4.79. The molecule has 1 aromatic carbocycles. The van der Waals surface area contributed by atoms with E-state index in [0.717, 1.165) is 6.42 Å². The van der Waals surface area contributed by atoms with Gasteiger partial charge in [-0.2, -0.15) is 0 Å². The van der Waals surface area contributed by atoms with Gasteiger partial charge >= 0.3 is 6.09 Å². The van der Waals surface area contributed by atoms with Gasteiger partial charge < -0.3 is 4.74 Å². The predicted octanol–water partition coefficient (Wildman–Crippen LogP) is 2.15. The molecule has 0 radical (unpaired) electrons. The molecule has 0 bridgehead atoms. The largest absolute Gasteiger partial charge is 0.449 e. The molecule has 0 atom stereocenters. The van der Waals surface area contributed by atoms with Gasteiger partial charge in [0.05, 0.1) is 6.61 Å². The maximum Gasteiger partial charge on any atom is 0.412 e. The topological polar surface area (TPSA) is 62.2 Å². The van der Waals surface area contributed by atoms with Crippen molar-refractivity contribution in [1.29, 1.82) is 5.41 Å². The van der Waals surface area contributed by atoms with Gasteiger partial charge in [-0.3, -0.25) is 10.7 Å².